The van der Waals surface area contributed by atoms with Crippen molar-refractivity contribution in [2.24, 2.45) is 0 Å². The molecule has 0 spiro atoms. The molecule has 1 N–H and O–H groups in total. The number of anilines is 1. The Morgan fingerprint density at radius 1 is 1.07 bits per heavy atom. The summed E-state index contributed by atoms with van der Waals surface area (Å²) in [5.74, 6) is 3.94. The van der Waals surface area contributed by atoms with E-state index in [1.165, 1.54) is 0 Å². The molecule has 1 amide bonds. The number of carbonyl (C=O) groups excluding carboxylic acids is 1. The highest BCUT2D eigenvalue weighted by Crippen LogP contribution is 2.36. The van der Waals surface area contributed by atoms with Gasteiger partial charge in [0.05, 0.1) is 25.6 Å². The van der Waals surface area contributed by atoms with Gasteiger partial charge in [0, 0.05) is 17.1 Å². The zero-order chi connectivity index (χ0) is 20.2. The molecular formula is C21H21N3O4S. The number of benzene rings is 2. The van der Waals surface area contributed by atoms with Crippen LogP contribution in [-0.2, 0) is 16.3 Å². The van der Waals surface area contributed by atoms with Crippen LogP contribution >= 0.6 is 11.8 Å². The van der Waals surface area contributed by atoms with E-state index in [2.05, 4.69) is 5.32 Å². The minimum atomic E-state index is -0.259. The van der Waals surface area contributed by atoms with Crippen LogP contribution in [-0.4, -0.2) is 36.5 Å². The summed E-state index contributed by atoms with van der Waals surface area (Å²) in [6.45, 7) is -0.129. The Hall–Kier alpha value is -3.13. The third-order valence-electron chi connectivity index (χ3n) is 4.55. The molecule has 0 aliphatic carbocycles. The number of para-hydroxylation sites is 2. The third kappa shape index (κ3) is 4.02. The summed E-state index contributed by atoms with van der Waals surface area (Å²) in [5, 5.41) is 7.67. The Morgan fingerprint density at radius 3 is 2.55 bits per heavy atom. The Bertz CT molecular complexity index is 1020. The van der Waals surface area contributed by atoms with Crippen molar-refractivity contribution in [3.05, 3.63) is 59.8 Å². The maximum absolute atomic E-state index is 12.6. The van der Waals surface area contributed by atoms with E-state index in [1.807, 2.05) is 36.4 Å². The average molecular weight is 411 g/mol. The minimum absolute atomic E-state index is 0.129. The van der Waals surface area contributed by atoms with E-state index in [0.717, 1.165) is 34.2 Å². The number of carbonyl (C=O) groups is 1. The summed E-state index contributed by atoms with van der Waals surface area (Å²) in [7, 11) is 3.19. The molecule has 1 aliphatic heterocycles. The highest BCUT2D eigenvalue weighted by Gasteiger charge is 2.25. The zero-order valence-corrected chi connectivity index (χ0v) is 17.0. The quantitative estimate of drug-likeness (QED) is 0.640. The average Bonchev–Trinajstić information content (AvgIpc) is 3.35. The lowest BCUT2D eigenvalue weighted by Gasteiger charge is -2.13. The molecule has 150 valence electrons. The van der Waals surface area contributed by atoms with E-state index in [-0.39, 0.29) is 12.5 Å². The summed E-state index contributed by atoms with van der Waals surface area (Å²) < 4.78 is 17.9. The first-order valence-electron chi connectivity index (χ1n) is 9.08. The molecule has 0 unspecified atom stereocenters. The van der Waals surface area contributed by atoms with Crippen molar-refractivity contribution in [1.29, 1.82) is 0 Å². The number of ether oxygens (including phenoxy) is 3. The van der Waals surface area contributed by atoms with E-state index >= 15 is 0 Å². The summed E-state index contributed by atoms with van der Waals surface area (Å²) in [6, 6.07) is 14.8. The van der Waals surface area contributed by atoms with Gasteiger partial charge in [0.2, 0.25) is 0 Å². The second-order valence-electron chi connectivity index (χ2n) is 6.36. The second kappa shape index (κ2) is 8.48. The minimum Gasteiger partial charge on any atom is -0.497 e. The Morgan fingerprint density at radius 2 is 1.83 bits per heavy atom. The summed E-state index contributed by atoms with van der Waals surface area (Å²) in [5.41, 5.74) is 2.90. The molecule has 0 saturated carbocycles. The molecule has 1 aliphatic rings. The van der Waals surface area contributed by atoms with Gasteiger partial charge in [-0.1, -0.05) is 12.1 Å². The number of thioether (sulfide) groups is 1. The fraction of sp³-hybridized carbons (Fsp3) is 0.238. The molecule has 0 saturated heterocycles. The molecule has 0 radical (unpaired) electrons. The normalized spacial score (nSPS) is 12.3. The number of methoxy groups -OCH3 is 2. The van der Waals surface area contributed by atoms with Gasteiger partial charge in [-0.3, -0.25) is 4.79 Å². The first-order valence-corrected chi connectivity index (χ1v) is 10.2. The van der Waals surface area contributed by atoms with Crippen molar-refractivity contribution in [1.82, 2.24) is 9.78 Å². The number of rotatable bonds is 7. The van der Waals surface area contributed by atoms with Crippen molar-refractivity contribution in [3.8, 4) is 22.9 Å². The molecule has 4 rings (SSSR count). The van der Waals surface area contributed by atoms with Gasteiger partial charge in [-0.15, -0.1) is 0 Å². The fourth-order valence-electron chi connectivity index (χ4n) is 3.10. The molecule has 2 aromatic carbocycles. The molecular weight excluding hydrogens is 390 g/mol. The molecule has 1 aromatic heterocycles. The van der Waals surface area contributed by atoms with Gasteiger partial charge in [0.15, 0.2) is 18.1 Å². The van der Waals surface area contributed by atoms with E-state index < -0.39 is 0 Å². The van der Waals surface area contributed by atoms with Crippen LogP contribution in [0.25, 0.3) is 5.69 Å². The number of amides is 1. The van der Waals surface area contributed by atoms with Crippen LogP contribution < -0.4 is 19.5 Å². The van der Waals surface area contributed by atoms with Crippen LogP contribution in [0.5, 0.6) is 17.2 Å². The lowest BCUT2D eigenvalue weighted by molar-refractivity contribution is -0.118. The van der Waals surface area contributed by atoms with E-state index in [1.54, 1.807) is 42.8 Å². The second-order valence-corrected chi connectivity index (χ2v) is 7.35. The molecule has 8 heteroatoms. The molecule has 2 heterocycles. The summed E-state index contributed by atoms with van der Waals surface area (Å²) >= 11 is 1.78. The van der Waals surface area contributed by atoms with Gasteiger partial charge >= 0.3 is 0 Å². The van der Waals surface area contributed by atoms with Crippen LogP contribution in [0.2, 0.25) is 0 Å². The first kappa shape index (κ1) is 19.2. The fourth-order valence-corrected chi connectivity index (χ4v) is 4.14. The topological polar surface area (TPSA) is 74.6 Å². The lowest BCUT2D eigenvalue weighted by Crippen LogP contribution is -2.22. The molecule has 29 heavy (non-hydrogen) atoms. The smallest absolute Gasteiger partial charge is 0.263 e. The van der Waals surface area contributed by atoms with Crippen LogP contribution in [0.4, 0.5) is 5.82 Å². The molecule has 0 bridgehead atoms. The number of hydrogen-bond donors (Lipinski definition) is 1. The van der Waals surface area contributed by atoms with Crippen molar-refractivity contribution in [2.45, 2.75) is 11.5 Å². The highest BCUT2D eigenvalue weighted by atomic mass is 32.2. The predicted molar refractivity (Wildman–Crippen MR) is 112 cm³/mol. The standard InChI is InChI=1S/C21H21N3O4S/c1-26-15-9-7-14(8-10-15)24-21(16-12-29-13-17(16)23-24)22-20(25)11-28-19-6-4-3-5-18(19)27-2/h3-10H,11-13H2,1-2H3,(H,22,25). The van der Waals surface area contributed by atoms with Gasteiger partial charge < -0.3 is 19.5 Å². The molecule has 7 nitrogen and oxygen atoms in total. The van der Waals surface area contributed by atoms with Gasteiger partial charge in [0.25, 0.3) is 5.91 Å². The van der Waals surface area contributed by atoms with E-state index in [4.69, 9.17) is 19.3 Å². The predicted octanol–water partition coefficient (Wildman–Crippen LogP) is 3.65. The number of nitrogens with zero attached hydrogens (tertiary/aromatic N) is 2. The maximum atomic E-state index is 12.6. The number of nitrogens with one attached hydrogen (secondary N) is 1. The Balaban J connectivity index is 1.54. The number of fused-ring (bicyclic) bond motifs is 1. The Labute approximate surface area is 173 Å². The van der Waals surface area contributed by atoms with Crippen molar-refractivity contribution in [3.63, 3.8) is 0 Å². The maximum Gasteiger partial charge on any atom is 0.263 e. The van der Waals surface area contributed by atoms with Crippen LogP contribution in [0.15, 0.2) is 48.5 Å². The van der Waals surface area contributed by atoms with Gasteiger partial charge in [-0.05, 0) is 36.4 Å². The summed E-state index contributed by atoms with van der Waals surface area (Å²) in [4.78, 5) is 12.6. The van der Waals surface area contributed by atoms with E-state index in [9.17, 15) is 4.79 Å². The molecule has 0 atom stereocenters. The number of hydrogen-bond acceptors (Lipinski definition) is 6. The lowest BCUT2D eigenvalue weighted by atomic mass is 10.2. The first-order chi connectivity index (χ1) is 14.2. The van der Waals surface area contributed by atoms with E-state index in [0.29, 0.717) is 17.3 Å². The highest BCUT2D eigenvalue weighted by molar-refractivity contribution is 7.98. The van der Waals surface area contributed by atoms with Gasteiger partial charge in [-0.2, -0.15) is 16.9 Å². The van der Waals surface area contributed by atoms with Gasteiger partial charge in [0.1, 0.15) is 11.6 Å². The van der Waals surface area contributed by atoms with Crippen molar-refractivity contribution in [2.75, 3.05) is 26.1 Å². The largest absolute Gasteiger partial charge is 0.497 e. The zero-order valence-electron chi connectivity index (χ0n) is 16.2. The molecule has 0 fully saturated rings. The SMILES string of the molecule is COc1ccc(-n2nc3c(c2NC(=O)COc2ccccc2OC)CSC3)cc1. The third-order valence-corrected chi connectivity index (χ3v) is 5.52. The number of aromatic nitrogens is 2. The Kier molecular flexibility index (Phi) is 5.62. The van der Waals surface area contributed by atoms with Crippen molar-refractivity contribution >= 4 is 23.5 Å². The van der Waals surface area contributed by atoms with Crippen molar-refractivity contribution < 1.29 is 19.0 Å². The van der Waals surface area contributed by atoms with Gasteiger partial charge in [-0.25, -0.2) is 4.68 Å². The summed E-state index contributed by atoms with van der Waals surface area (Å²) in [6.07, 6.45) is 0. The van der Waals surface area contributed by atoms with Crippen LogP contribution in [0, 0.1) is 0 Å². The monoisotopic (exact) mass is 411 g/mol. The van der Waals surface area contributed by atoms with Crippen LogP contribution in [0.1, 0.15) is 11.3 Å². The van der Waals surface area contributed by atoms with Crippen LogP contribution in [0.3, 0.4) is 0 Å². The molecule has 3 aromatic rings.